The monoisotopic (exact) mass is 412 g/mol. The van der Waals surface area contributed by atoms with Crippen LogP contribution >= 0.6 is 11.8 Å². The average Bonchev–Trinajstić information content (AvgIpc) is 2.60. The summed E-state index contributed by atoms with van der Waals surface area (Å²) in [7, 11) is -4.84. The number of hydrogen-bond acceptors (Lipinski definition) is 5. The van der Waals surface area contributed by atoms with E-state index in [9.17, 15) is 0 Å². The Bertz CT molecular complexity index is 708. The van der Waals surface area contributed by atoms with Crippen LogP contribution in [0.5, 0.6) is 0 Å². The average molecular weight is 413 g/mol. The molecular weight excluding hydrogens is 392 g/mol. The van der Waals surface area contributed by atoms with E-state index in [0.29, 0.717) is 0 Å². The second kappa shape index (κ2) is 9.80. The lowest BCUT2D eigenvalue weighted by atomic mass is 10.2. The summed E-state index contributed by atoms with van der Waals surface area (Å²) in [6, 6.07) is 17.8. The van der Waals surface area contributed by atoms with E-state index >= 15 is 0 Å². The summed E-state index contributed by atoms with van der Waals surface area (Å²) in [4.78, 5) is 7.46. The van der Waals surface area contributed by atoms with Gasteiger partial charge in [-0.2, -0.15) is 0 Å². The summed E-state index contributed by atoms with van der Waals surface area (Å²) in [5, 5.41) is 0. The number of benzene rings is 2. The first kappa shape index (κ1) is 21.3. The molecule has 4 nitrogen and oxygen atoms in total. The zero-order chi connectivity index (χ0) is 19.2. The van der Waals surface area contributed by atoms with Crippen LogP contribution in [0.1, 0.15) is 33.1 Å². The second-order valence-corrected chi connectivity index (χ2v) is 9.39. The van der Waals surface area contributed by atoms with Crippen molar-refractivity contribution in [3.8, 4) is 0 Å². The molecule has 3 rings (SSSR count). The molecule has 1 aliphatic rings. The molecular formula is C19H21ClO4S2. The maximum absolute atomic E-state index is 8.49. The SMILES string of the molecule is C/C=C(/CCCC)[S+]1c2ccccc2Sc2ccccc21.[O-][Cl+3]([O-])([O-])[O-]. The molecule has 0 aromatic heterocycles. The van der Waals surface area contributed by atoms with Crippen molar-refractivity contribution in [2.24, 2.45) is 0 Å². The molecule has 1 aliphatic heterocycles. The highest BCUT2D eigenvalue weighted by atomic mass is 35.7. The van der Waals surface area contributed by atoms with Gasteiger partial charge >= 0.3 is 0 Å². The van der Waals surface area contributed by atoms with E-state index in [1.54, 1.807) is 4.91 Å². The smallest absolute Gasteiger partial charge is 0.180 e. The number of rotatable bonds is 4. The van der Waals surface area contributed by atoms with Crippen molar-refractivity contribution in [3.05, 3.63) is 59.5 Å². The first-order valence-electron chi connectivity index (χ1n) is 8.22. The Balaban J connectivity index is 0.000000431. The maximum atomic E-state index is 8.49. The van der Waals surface area contributed by atoms with E-state index in [4.69, 9.17) is 18.6 Å². The molecule has 1 heterocycles. The van der Waals surface area contributed by atoms with E-state index in [0.717, 1.165) is 0 Å². The third kappa shape index (κ3) is 6.03. The van der Waals surface area contributed by atoms with Gasteiger partial charge in [0.1, 0.15) is 4.91 Å². The number of fused-ring (bicyclic) bond motifs is 2. The van der Waals surface area contributed by atoms with Crippen LogP contribution in [0.2, 0.25) is 0 Å². The number of unbranched alkanes of at least 4 members (excludes halogenated alkanes) is 1. The minimum absolute atomic E-state index is 0.106. The topological polar surface area (TPSA) is 92.2 Å². The predicted molar refractivity (Wildman–Crippen MR) is 94.2 cm³/mol. The Morgan fingerprint density at radius 2 is 1.42 bits per heavy atom. The molecule has 26 heavy (non-hydrogen) atoms. The van der Waals surface area contributed by atoms with Gasteiger partial charge in [0.05, 0.1) is 20.7 Å². The third-order valence-electron chi connectivity index (χ3n) is 3.72. The highest BCUT2D eigenvalue weighted by Crippen LogP contribution is 2.48. The van der Waals surface area contributed by atoms with Gasteiger partial charge in [-0.25, -0.2) is 18.6 Å². The fourth-order valence-corrected chi connectivity index (χ4v) is 6.61. The van der Waals surface area contributed by atoms with E-state index in [2.05, 4.69) is 68.5 Å². The fourth-order valence-electron chi connectivity index (χ4n) is 2.64. The first-order valence-corrected chi connectivity index (χ1v) is 11.5. The lowest BCUT2D eigenvalue weighted by Crippen LogP contribution is -2.68. The molecule has 0 radical (unpaired) electrons. The largest absolute Gasteiger partial charge is 0.222 e. The highest BCUT2D eigenvalue weighted by molar-refractivity contribution is 8.05. The van der Waals surface area contributed by atoms with Gasteiger partial charge in [-0.1, -0.05) is 49.4 Å². The zero-order valence-corrected chi connectivity index (χ0v) is 17.0. The maximum Gasteiger partial charge on any atom is 0.180 e. The van der Waals surface area contributed by atoms with Gasteiger partial charge in [0, 0.05) is 6.42 Å². The van der Waals surface area contributed by atoms with Gasteiger partial charge < -0.3 is 0 Å². The summed E-state index contributed by atoms with van der Waals surface area (Å²) >= 11 is 1.92. The molecule has 0 saturated heterocycles. The standard InChI is InChI=1S/C19H21S2.ClHO4/c1-3-5-10-15(4-2)21-18-13-8-6-11-16(18)20-17-12-7-9-14-19(17)21;2-1(3,4)5/h4,6-9,11-14H,3,5,10H2,1-2H3;(H,2,3,4,5)/q+1;/p-1/b15-4-;. The third-order valence-corrected chi connectivity index (χ3v) is 7.69. The molecule has 140 valence electrons. The minimum Gasteiger partial charge on any atom is -0.222 e. The molecule has 2 aromatic carbocycles. The first-order chi connectivity index (χ1) is 12.3. The molecule has 0 unspecified atom stereocenters. The molecule has 0 bridgehead atoms. The summed E-state index contributed by atoms with van der Waals surface area (Å²) < 4.78 is 34.0. The Hall–Kier alpha value is -0.990. The van der Waals surface area contributed by atoms with Crippen LogP contribution in [0.4, 0.5) is 0 Å². The molecule has 0 aliphatic carbocycles. The van der Waals surface area contributed by atoms with Gasteiger partial charge in [-0.15, -0.1) is 10.2 Å². The van der Waals surface area contributed by atoms with Crippen LogP contribution in [0, 0.1) is 10.2 Å². The summed E-state index contributed by atoms with van der Waals surface area (Å²) in [5.41, 5.74) is 0. The molecule has 0 atom stereocenters. The van der Waals surface area contributed by atoms with Crippen molar-refractivity contribution >= 4 is 22.7 Å². The zero-order valence-electron chi connectivity index (χ0n) is 14.6. The number of hydrogen-bond donors (Lipinski definition) is 0. The lowest BCUT2D eigenvalue weighted by Gasteiger charge is -2.20. The van der Waals surface area contributed by atoms with Crippen LogP contribution in [-0.4, -0.2) is 0 Å². The van der Waals surface area contributed by atoms with Crippen LogP contribution in [0.3, 0.4) is 0 Å². The van der Waals surface area contributed by atoms with Gasteiger partial charge in [-0.05, 0) is 43.7 Å². The van der Waals surface area contributed by atoms with Crippen molar-refractivity contribution in [2.45, 2.75) is 52.7 Å². The van der Waals surface area contributed by atoms with Crippen molar-refractivity contribution in [1.29, 1.82) is 0 Å². The molecule has 0 amide bonds. The fraction of sp³-hybridized carbons (Fsp3) is 0.263. The van der Waals surface area contributed by atoms with Gasteiger partial charge in [0.15, 0.2) is 9.79 Å². The minimum atomic E-state index is -4.94. The van der Waals surface area contributed by atoms with Gasteiger partial charge in [0.25, 0.3) is 0 Å². The number of allylic oxidation sites excluding steroid dienone is 2. The Morgan fingerprint density at radius 3 is 1.85 bits per heavy atom. The van der Waals surface area contributed by atoms with Crippen molar-refractivity contribution in [1.82, 2.24) is 0 Å². The molecule has 0 spiro atoms. The van der Waals surface area contributed by atoms with Crippen LogP contribution in [-0.2, 0) is 10.9 Å². The number of halogens is 1. The highest BCUT2D eigenvalue weighted by Gasteiger charge is 2.38. The second-order valence-electron chi connectivity index (χ2n) is 5.54. The van der Waals surface area contributed by atoms with Crippen molar-refractivity contribution in [3.63, 3.8) is 0 Å². The van der Waals surface area contributed by atoms with E-state index < -0.39 is 10.2 Å². The Morgan fingerprint density at radius 1 is 0.962 bits per heavy atom. The van der Waals surface area contributed by atoms with E-state index in [1.165, 1.54) is 38.8 Å². The Kier molecular flexibility index (Phi) is 8.04. The summed E-state index contributed by atoms with van der Waals surface area (Å²) in [6.07, 6.45) is 6.10. The van der Waals surface area contributed by atoms with Crippen LogP contribution in [0.25, 0.3) is 0 Å². The summed E-state index contributed by atoms with van der Waals surface area (Å²) in [6.45, 7) is 4.47. The van der Waals surface area contributed by atoms with E-state index in [-0.39, 0.29) is 10.9 Å². The molecule has 0 N–H and O–H groups in total. The molecule has 0 saturated carbocycles. The van der Waals surface area contributed by atoms with Gasteiger partial charge in [0.2, 0.25) is 0 Å². The molecule has 7 heteroatoms. The van der Waals surface area contributed by atoms with Crippen LogP contribution in [0.15, 0.2) is 79.1 Å². The predicted octanol–water partition coefficient (Wildman–Crippen LogP) is 1.53. The normalized spacial score (nSPS) is 14.2. The quantitative estimate of drug-likeness (QED) is 0.710. The van der Waals surface area contributed by atoms with Crippen molar-refractivity contribution in [2.75, 3.05) is 0 Å². The summed E-state index contributed by atoms with van der Waals surface area (Å²) in [5.74, 6) is 0. The van der Waals surface area contributed by atoms with Crippen molar-refractivity contribution < 1.29 is 28.9 Å². The van der Waals surface area contributed by atoms with E-state index in [1.807, 2.05) is 11.8 Å². The van der Waals surface area contributed by atoms with Gasteiger partial charge in [-0.3, -0.25) is 0 Å². The van der Waals surface area contributed by atoms with Crippen LogP contribution < -0.4 is 18.6 Å². The molecule has 0 fully saturated rings. The molecule has 2 aromatic rings. The Labute approximate surface area is 163 Å². The lowest BCUT2D eigenvalue weighted by molar-refractivity contribution is -2.00.